The molecule has 0 aliphatic rings. The lowest BCUT2D eigenvalue weighted by Crippen LogP contribution is -2.59. The SMILES string of the molecule is CSCCC(N)C(=O)NC(CO)C(=O)NC(CC(=O)O)C(=O)NC(C(=O)O)C(C)O. The molecule has 30 heavy (non-hydrogen) atoms. The van der Waals surface area contributed by atoms with E-state index in [1.807, 2.05) is 16.9 Å². The van der Waals surface area contributed by atoms with E-state index in [1.165, 1.54) is 11.8 Å². The molecule has 0 fully saturated rings. The fraction of sp³-hybridized carbons (Fsp3) is 0.688. The van der Waals surface area contributed by atoms with Gasteiger partial charge in [0.25, 0.3) is 0 Å². The maximum atomic E-state index is 12.3. The van der Waals surface area contributed by atoms with Crippen molar-refractivity contribution in [2.24, 2.45) is 5.73 Å². The van der Waals surface area contributed by atoms with E-state index in [0.717, 1.165) is 6.92 Å². The number of aliphatic hydroxyl groups is 2. The van der Waals surface area contributed by atoms with Crippen LogP contribution < -0.4 is 21.7 Å². The summed E-state index contributed by atoms with van der Waals surface area (Å²) in [6, 6.07) is -5.94. The first kappa shape index (κ1) is 27.6. The van der Waals surface area contributed by atoms with Crippen molar-refractivity contribution < 1.29 is 44.4 Å². The van der Waals surface area contributed by atoms with Crippen LogP contribution in [0.4, 0.5) is 0 Å². The molecule has 5 atom stereocenters. The number of aliphatic carboxylic acids is 2. The largest absolute Gasteiger partial charge is 0.481 e. The molecule has 14 heteroatoms. The Kier molecular flexibility index (Phi) is 12.6. The van der Waals surface area contributed by atoms with Gasteiger partial charge in [0.15, 0.2) is 6.04 Å². The van der Waals surface area contributed by atoms with E-state index < -0.39 is 73.0 Å². The van der Waals surface area contributed by atoms with Crippen molar-refractivity contribution in [2.45, 2.75) is 50.0 Å². The molecule has 0 rings (SSSR count). The van der Waals surface area contributed by atoms with Gasteiger partial charge in [-0.15, -0.1) is 0 Å². The van der Waals surface area contributed by atoms with Crippen LogP contribution >= 0.6 is 11.8 Å². The quantitative estimate of drug-likeness (QED) is 0.129. The maximum absolute atomic E-state index is 12.3. The highest BCUT2D eigenvalue weighted by atomic mass is 32.2. The van der Waals surface area contributed by atoms with Crippen LogP contribution in [0.15, 0.2) is 0 Å². The lowest BCUT2D eigenvalue weighted by atomic mass is 10.1. The second kappa shape index (κ2) is 13.7. The highest BCUT2D eigenvalue weighted by molar-refractivity contribution is 7.98. The van der Waals surface area contributed by atoms with Gasteiger partial charge in [0, 0.05) is 0 Å². The molecule has 0 saturated carbocycles. The summed E-state index contributed by atoms with van der Waals surface area (Å²) in [6.45, 7) is 0.237. The minimum Gasteiger partial charge on any atom is -0.481 e. The third kappa shape index (κ3) is 9.87. The molecular formula is C16H28N4O9S. The van der Waals surface area contributed by atoms with Gasteiger partial charge in [0.05, 0.1) is 25.2 Å². The van der Waals surface area contributed by atoms with E-state index in [-0.39, 0.29) is 0 Å². The molecule has 0 bridgehead atoms. The van der Waals surface area contributed by atoms with Crippen LogP contribution in [0.2, 0.25) is 0 Å². The second-order valence-electron chi connectivity index (χ2n) is 6.36. The lowest BCUT2D eigenvalue weighted by molar-refractivity contribution is -0.146. The Labute approximate surface area is 176 Å². The number of carboxylic acids is 2. The Morgan fingerprint density at radius 1 is 0.967 bits per heavy atom. The van der Waals surface area contributed by atoms with E-state index in [0.29, 0.717) is 12.2 Å². The topological polar surface area (TPSA) is 228 Å². The molecule has 0 aromatic rings. The maximum Gasteiger partial charge on any atom is 0.328 e. The fourth-order valence-electron chi connectivity index (χ4n) is 2.15. The van der Waals surface area contributed by atoms with Crippen LogP contribution in [0, 0.1) is 0 Å². The van der Waals surface area contributed by atoms with Crippen molar-refractivity contribution in [1.29, 1.82) is 0 Å². The summed E-state index contributed by atoms with van der Waals surface area (Å²) in [4.78, 5) is 58.7. The summed E-state index contributed by atoms with van der Waals surface area (Å²) < 4.78 is 0. The molecule has 13 nitrogen and oxygen atoms in total. The minimum atomic E-state index is -1.74. The number of thioether (sulfide) groups is 1. The van der Waals surface area contributed by atoms with Gasteiger partial charge in [-0.1, -0.05) is 0 Å². The van der Waals surface area contributed by atoms with E-state index in [2.05, 4.69) is 5.32 Å². The summed E-state index contributed by atoms with van der Waals surface area (Å²) in [5, 5.41) is 42.9. The Morgan fingerprint density at radius 2 is 1.50 bits per heavy atom. The number of carboxylic acid groups (broad SMARTS) is 2. The summed E-state index contributed by atoms with van der Waals surface area (Å²) in [5.41, 5.74) is 5.67. The van der Waals surface area contributed by atoms with Gasteiger partial charge in [-0.05, 0) is 25.4 Å². The van der Waals surface area contributed by atoms with Crippen LogP contribution in [0.25, 0.3) is 0 Å². The number of hydrogen-bond donors (Lipinski definition) is 8. The normalized spacial score (nSPS) is 15.8. The lowest BCUT2D eigenvalue weighted by Gasteiger charge is -2.24. The van der Waals surface area contributed by atoms with Crippen molar-refractivity contribution in [1.82, 2.24) is 16.0 Å². The molecule has 0 saturated heterocycles. The molecular weight excluding hydrogens is 424 g/mol. The van der Waals surface area contributed by atoms with Gasteiger partial charge in [0.2, 0.25) is 17.7 Å². The van der Waals surface area contributed by atoms with Gasteiger partial charge in [-0.3, -0.25) is 19.2 Å². The second-order valence-corrected chi connectivity index (χ2v) is 7.34. The van der Waals surface area contributed by atoms with Crippen molar-refractivity contribution in [3.05, 3.63) is 0 Å². The van der Waals surface area contributed by atoms with Crippen molar-refractivity contribution in [2.75, 3.05) is 18.6 Å². The number of hydrogen-bond acceptors (Lipinski definition) is 9. The molecule has 0 aliphatic heterocycles. The van der Waals surface area contributed by atoms with Crippen molar-refractivity contribution in [3.8, 4) is 0 Å². The van der Waals surface area contributed by atoms with E-state index in [4.69, 9.17) is 15.9 Å². The number of carbonyl (C=O) groups is 5. The Balaban J connectivity index is 5.22. The molecule has 0 aromatic heterocycles. The van der Waals surface area contributed by atoms with Crippen molar-refractivity contribution >= 4 is 41.4 Å². The van der Waals surface area contributed by atoms with Crippen LogP contribution in [-0.4, -0.2) is 99.0 Å². The van der Waals surface area contributed by atoms with Crippen LogP contribution in [-0.2, 0) is 24.0 Å². The molecule has 5 unspecified atom stereocenters. The Bertz CT molecular complexity index is 632. The van der Waals surface area contributed by atoms with Crippen LogP contribution in [0.5, 0.6) is 0 Å². The summed E-state index contributed by atoms with van der Waals surface area (Å²) >= 11 is 1.46. The molecule has 0 aliphatic carbocycles. The fourth-order valence-corrected chi connectivity index (χ4v) is 2.64. The van der Waals surface area contributed by atoms with E-state index in [1.54, 1.807) is 0 Å². The van der Waals surface area contributed by atoms with E-state index >= 15 is 0 Å². The smallest absolute Gasteiger partial charge is 0.328 e. The van der Waals surface area contributed by atoms with Gasteiger partial charge < -0.3 is 42.1 Å². The van der Waals surface area contributed by atoms with Gasteiger partial charge in [0.1, 0.15) is 12.1 Å². The third-order valence-electron chi connectivity index (χ3n) is 3.84. The predicted octanol–water partition coefficient (Wildman–Crippen LogP) is -3.55. The molecule has 0 spiro atoms. The molecule has 3 amide bonds. The number of rotatable bonds is 14. The van der Waals surface area contributed by atoms with Gasteiger partial charge in [-0.2, -0.15) is 11.8 Å². The van der Waals surface area contributed by atoms with Gasteiger partial charge in [-0.25, -0.2) is 4.79 Å². The standard InChI is InChI=1S/C16H28N4O9S/c1-7(22)12(16(28)29)20-14(26)9(5-11(23)24)18-15(27)10(6-21)19-13(25)8(17)3-4-30-2/h7-10,12,21-22H,3-6,17H2,1-2H3,(H,18,27)(H,19,25)(H,20,26)(H,23,24)(H,28,29). The number of nitrogens with one attached hydrogen (secondary N) is 3. The highest BCUT2D eigenvalue weighted by Crippen LogP contribution is 2.01. The zero-order chi connectivity index (χ0) is 23.4. The monoisotopic (exact) mass is 452 g/mol. The number of carbonyl (C=O) groups excluding carboxylic acids is 3. The predicted molar refractivity (Wildman–Crippen MR) is 105 cm³/mol. The Hall–Kier alpha value is -2.42. The minimum absolute atomic E-state index is 0.312. The third-order valence-corrected chi connectivity index (χ3v) is 4.49. The van der Waals surface area contributed by atoms with E-state index in [9.17, 15) is 34.2 Å². The molecule has 0 heterocycles. The zero-order valence-electron chi connectivity index (χ0n) is 16.5. The molecule has 9 N–H and O–H groups in total. The van der Waals surface area contributed by atoms with Crippen molar-refractivity contribution in [3.63, 3.8) is 0 Å². The number of aliphatic hydroxyl groups excluding tert-OH is 2. The average molecular weight is 452 g/mol. The van der Waals surface area contributed by atoms with Gasteiger partial charge >= 0.3 is 11.9 Å². The zero-order valence-corrected chi connectivity index (χ0v) is 17.3. The van der Waals surface area contributed by atoms with Crippen LogP contribution in [0.3, 0.4) is 0 Å². The summed E-state index contributed by atoms with van der Waals surface area (Å²) in [5.74, 6) is -5.45. The number of amides is 3. The Morgan fingerprint density at radius 3 is 1.93 bits per heavy atom. The average Bonchev–Trinajstić information content (AvgIpc) is 2.66. The highest BCUT2D eigenvalue weighted by Gasteiger charge is 2.32. The van der Waals surface area contributed by atoms with Crippen LogP contribution in [0.1, 0.15) is 19.8 Å². The first-order valence-corrected chi connectivity index (χ1v) is 10.2. The first-order valence-electron chi connectivity index (χ1n) is 8.83. The summed E-state index contributed by atoms with van der Waals surface area (Å²) in [7, 11) is 0. The molecule has 0 radical (unpaired) electrons. The number of nitrogens with two attached hydrogens (primary N) is 1. The summed E-state index contributed by atoms with van der Waals surface area (Å²) in [6.07, 6.45) is -0.287. The first-order chi connectivity index (χ1) is 13.9. The molecule has 0 aromatic carbocycles. The molecule has 172 valence electrons.